The minimum atomic E-state index is -0.470. The molecule has 1 saturated heterocycles. The molecular formula is C10H18ClN3O2. The third-order valence-electron chi connectivity index (χ3n) is 2.76. The van der Waals surface area contributed by atoms with Crippen LogP contribution in [0.3, 0.4) is 0 Å². The van der Waals surface area contributed by atoms with E-state index in [0.29, 0.717) is 12.5 Å². The number of piperidine rings is 1. The SMILES string of the molecule is CN1CCC(CNC(=O)NC(=O)CCl)CC1. The number of carbonyl (C=O) groups is 2. The lowest BCUT2D eigenvalue weighted by Gasteiger charge is -2.28. The predicted octanol–water partition coefficient (Wildman–Crippen LogP) is 0.393. The fourth-order valence-electron chi connectivity index (χ4n) is 1.71. The Morgan fingerprint density at radius 1 is 1.38 bits per heavy atom. The molecule has 0 aromatic heterocycles. The van der Waals surface area contributed by atoms with Gasteiger partial charge in [0.25, 0.3) is 0 Å². The van der Waals surface area contributed by atoms with Gasteiger partial charge in [0, 0.05) is 6.54 Å². The van der Waals surface area contributed by atoms with Gasteiger partial charge in [0.2, 0.25) is 5.91 Å². The molecule has 1 heterocycles. The maximum Gasteiger partial charge on any atom is 0.321 e. The molecule has 0 radical (unpaired) electrons. The van der Waals surface area contributed by atoms with Crippen LogP contribution in [-0.2, 0) is 4.79 Å². The van der Waals surface area contributed by atoms with Crippen LogP contribution in [0.1, 0.15) is 12.8 Å². The van der Waals surface area contributed by atoms with Crippen LogP contribution in [0.2, 0.25) is 0 Å². The van der Waals surface area contributed by atoms with Crippen molar-refractivity contribution in [2.45, 2.75) is 12.8 Å². The summed E-state index contributed by atoms with van der Waals surface area (Å²) in [6.07, 6.45) is 2.17. The summed E-state index contributed by atoms with van der Waals surface area (Å²) in [5.74, 6) is -0.155. The third-order valence-corrected chi connectivity index (χ3v) is 3.01. The van der Waals surface area contributed by atoms with E-state index >= 15 is 0 Å². The summed E-state index contributed by atoms with van der Waals surface area (Å²) in [5.41, 5.74) is 0. The van der Waals surface area contributed by atoms with Crippen molar-refractivity contribution in [1.82, 2.24) is 15.5 Å². The second kappa shape index (κ2) is 6.70. The van der Waals surface area contributed by atoms with Gasteiger partial charge in [0.05, 0.1) is 0 Å². The number of nitrogens with one attached hydrogen (secondary N) is 2. The van der Waals surface area contributed by atoms with Crippen molar-refractivity contribution in [3.8, 4) is 0 Å². The number of likely N-dealkylation sites (tertiary alicyclic amines) is 1. The highest BCUT2D eigenvalue weighted by molar-refractivity contribution is 6.28. The molecule has 1 rings (SSSR count). The first-order chi connectivity index (χ1) is 7.61. The van der Waals surface area contributed by atoms with Crippen LogP contribution >= 0.6 is 11.6 Å². The van der Waals surface area contributed by atoms with Crippen molar-refractivity contribution in [3.63, 3.8) is 0 Å². The monoisotopic (exact) mass is 247 g/mol. The Kier molecular flexibility index (Phi) is 5.55. The number of carbonyl (C=O) groups excluding carboxylic acids is 2. The number of halogens is 1. The second-order valence-corrected chi connectivity index (χ2v) is 4.41. The Labute approximate surface area is 101 Å². The molecule has 0 aromatic carbocycles. The van der Waals surface area contributed by atoms with E-state index in [9.17, 15) is 9.59 Å². The molecule has 0 unspecified atom stereocenters. The summed E-state index contributed by atoms with van der Waals surface area (Å²) in [4.78, 5) is 24.3. The molecule has 1 aliphatic rings. The van der Waals surface area contributed by atoms with Crippen LogP contribution in [0, 0.1) is 5.92 Å². The Hall–Kier alpha value is -0.810. The lowest BCUT2D eigenvalue weighted by Crippen LogP contribution is -2.43. The molecule has 5 nitrogen and oxygen atoms in total. The van der Waals surface area contributed by atoms with Crippen LogP contribution in [0.15, 0.2) is 0 Å². The van der Waals surface area contributed by atoms with Crippen molar-refractivity contribution in [1.29, 1.82) is 0 Å². The minimum Gasteiger partial charge on any atom is -0.338 e. The number of alkyl halides is 1. The molecule has 92 valence electrons. The molecular weight excluding hydrogens is 230 g/mol. The first kappa shape index (κ1) is 13.3. The van der Waals surface area contributed by atoms with Crippen LogP contribution in [0.25, 0.3) is 0 Å². The van der Waals surface area contributed by atoms with Gasteiger partial charge < -0.3 is 10.2 Å². The van der Waals surface area contributed by atoms with E-state index in [1.807, 2.05) is 0 Å². The molecule has 0 saturated carbocycles. The lowest BCUT2D eigenvalue weighted by atomic mass is 9.97. The smallest absolute Gasteiger partial charge is 0.321 e. The van der Waals surface area contributed by atoms with Gasteiger partial charge >= 0.3 is 6.03 Å². The molecule has 0 atom stereocenters. The number of hydrogen-bond acceptors (Lipinski definition) is 3. The van der Waals surface area contributed by atoms with E-state index < -0.39 is 11.9 Å². The van der Waals surface area contributed by atoms with Crippen LogP contribution in [0.5, 0.6) is 0 Å². The lowest BCUT2D eigenvalue weighted by molar-refractivity contribution is -0.117. The van der Waals surface area contributed by atoms with Crippen molar-refractivity contribution in [2.24, 2.45) is 5.92 Å². The minimum absolute atomic E-state index is 0.193. The van der Waals surface area contributed by atoms with Crippen molar-refractivity contribution in [3.05, 3.63) is 0 Å². The number of hydrogen-bond donors (Lipinski definition) is 2. The van der Waals surface area contributed by atoms with Gasteiger partial charge in [0.15, 0.2) is 0 Å². The molecule has 1 fully saturated rings. The highest BCUT2D eigenvalue weighted by Gasteiger charge is 2.17. The van der Waals surface area contributed by atoms with E-state index in [1.165, 1.54) is 0 Å². The molecule has 3 amide bonds. The normalized spacial score (nSPS) is 18.1. The molecule has 0 bridgehead atoms. The van der Waals surface area contributed by atoms with Gasteiger partial charge in [-0.05, 0) is 38.9 Å². The Morgan fingerprint density at radius 2 is 2.00 bits per heavy atom. The zero-order chi connectivity index (χ0) is 12.0. The first-order valence-electron chi connectivity index (χ1n) is 5.44. The fraction of sp³-hybridized carbons (Fsp3) is 0.800. The summed E-state index contributed by atoms with van der Waals surface area (Å²) in [6, 6.07) is -0.454. The average Bonchev–Trinajstić information content (AvgIpc) is 2.28. The first-order valence-corrected chi connectivity index (χ1v) is 5.97. The Balaban J connectivity index is 2.14. The Bertz CT molecular complexity index is 252. The van der Waals surface area contributed by atoms with Gasteiger partial charge in [-0.1, -0.05) is 0 Å². The highest BCUT2D eigenvalue weighted by Crippen LogP contribution is 2.14. The molecule has 0 spiro atoms. The van der Waals surface area contributed by atoms with Crippen LogP contribution in [0.4, 0.5) is 4.79 Å². The van der Waals surface area contributed by atoms with Crippen molar-refractivity contribution in [2.75, 3.05) is 32.6 Å². The van der Waals surface area contributed by atoms with E-state index in [4.69, 9.17) is 11.6 Å². The summed E-state index contributed by atoms with van der Waals surface area (Å²) >= 11 is 5.26. The number of nitrogens with zero attached hydrogens (tertiary/aromatic N) is 1. The summed E-state index contributed by atoms with van der Waals surface area (Å²) in [5, 5.41) is 4.83. The maximum atomic E-state index is 11.2. The highest BCUT2D eigenvalue weighted by atomic mass is 35.5. The standard InChI is InChI=1S/C10H18ClN3O2/c1-14-4-2-8(3-5-14)7-12-10(16)13-9(15)6-11/h8H,2-7H2,1H3,(H2,12,13,15,16). The summed E-state index contributed by atoms with van der Waals surface area (Å²) < 4.78 is 0. The maximum absolute atomic E-state index is 11.2. The Morgan fingerprint density at radius 3 is 2.56 bits per heavy atom. The van der Waals surface area contributed by atoms with E-state index in [2.05, 4.69) is 22.6 Å². The number of urea groups is 1. The molecule has 2 N–H and O–H groups in total. The van der Waals surface area contributed by atoms with Gasteiger partial charge in [-0.2, -0.15) is 0 Å². The van der Waals surface area contributed by atoms with Crippen LogP contribution < -0.4 is 10.6 Å². The average molecular weight is 248 g/mol. The summed E-state index contributed by atoms with van der Waals surface area (Å²) in [6.45, 7) is 2.75. The van der Waals surface area contributed by atoms with Gasteiger partial charge in [-0.15, -0.1) is 11.6 Å². The fourth-order valence-corrected chi connectivity index (χ4v) is 1.77. The quantitative estimate of drug-likeness (QED) is 0.710. The van der Waals surface area contributed by atoms with Crippen LogP contribution in [-0.4, -0.2) is 49.4 Å². The van der Waals surface area contributed by atoms with Gasteiger partial charge in [-0.3, -0.25) is 10.1 Å². The zero-order valence-electron chi connectivity index (χ0n) is 9.46. The molecule has 1 aliphatic heterocycles. The van der Waals surface area contributed by atoms with E-state index in [1.54, 1.807) is 0 Å². The molecule has 6 heteroatoms. The molecule has 0 aliphatic carbocycles. The number of rotatable bonds is 3. The predicted molar refractivity (Wildman–Crippen MR) is 62.5 cm³/mol. The summed E-state index contributed by atoms with van der Waals surface area (Å²) in [7, 11) is 2.09. The van der Waals surface area contributed by atoms with E-state index in [0.717, 1.165) is 25.9 Å². The van der Waals surface area contributed by atoms with E-state index in [-0.39, 0.29) is 5.88 Å². The molecule has 0 aromatic rings. The number of imide groups is 1. The van der Waals surface area contributed by atoms with Crippen molar-refractivity contribution < 1.29 is 9.59 Å². The van der Waals surface area contributed by atoms with Gasteiger partial charge in [-0.25, -0.2) is 4.79 Å². The second-order valence-electron chi connectivity index (χ2n) is 4.14. The third kappa shape index (κ3) is 4.81. The van der Waals surface area contributed by atoms with Crippen molar-refractivity contribution >= 4 is 23.5 Å². The largest absolute Gasteiger partial charge is 0.338 e. The van der Waals surface area contributed by atoms with Gasteiger partial charge in [0.1, 0.15) is 5.88 Å². The molecule has 16 heavy (non-hydrogen) atoms. The topological polar surface area (TPSA) is 61.4 Å². The zero-order valence-corrected chi connectivity index (χ0v) is 10.2. The number of amides is 3.